The molecular weight excluding hydrogens is 374 g/mol. The molecule has 0 radical (unpaired) electrons. The van der Waals surface area contributed by atoms with Gasteiger partial charge in [0.1, 0.15) is 13.2 Å². The molecule has 8 nitrogen and oxygen atoms in total. The van der Waals surface area contributed by atoms with Gasteiger partial charge < -0.3 is 19.5 Å². The number of amides is 1. The Balaban J connectivity index is 1.50. The molecule has 1 aromatic carbocycles. The van der Waals surface area contributed by atoms with Crippen molar-refractivity contribution in [2.75, 3.05) is 19.8 Å². The SMILES string of the molecule is Cc1nn(C)c(C)c1/C=C/C(=O)OCC(=O)N[C@@H](C)c1ccc2c(c1)OCCO2. The number of nitrogens with one attached hydrogen (secondary N) is 1. The summed E-state index contributed by atoms with van der Waals surface area (Å²) in [4.78, 5) is 24.0. The van der Waals surface area contributed by atoms with E-state index in [4.69, 9.17) is 14.2 Å². The van der Waals surface area contributed by atoms with E-state index in [1.165, 1.54) is 6.08 Å². The summed E-state index contributed by atoms with van der Waals surface area (Å²) < 4.78 is 17.8. The molecule has 0 saturated heterocycles. The molecule has 1 atom stereocenters. The van der Waals surface area contributed by atoms with Gasteiger partial charge in [0.15, 0.2) is 18.1 Å². The molecule has 0 spiro atoms. The summed E-state index contributed by atoms with van der Waals surface area (Å²) >= 11 is 0. The third-order valence-electron chi connectivity index (χ3n) is 4.74. The van der Waals surface area contributed by atoms with Crippen molar-refractivity contribution in [2.24, 2.45) is 7.05 Å². The normalized spacial score (nSPS) is 13.9. The maximum Gasteiger partial charge on any atom is 0.331 e. The Hall–Kier alpha value is -3.29. The second-order valence-electron chi connectivity index (χ2n) is 6.84. The summed E-state index contributed by atoms with van der Waals surface area (Å²) in [6, 6.07) is 5.26. The maximum atomic E-state index is 12.1. The van der Waals surface area contributed by atoms with Crippen LogP contribution in [-0.4, -0.2) is 41.5 Å². The van der Waals surface area contributed by atoms with E-state index in [1.54, 1.807) is 10.8 Å². The van der Waals surface area contributed by atoms with E-state index in [0.717, 1.165) is 22.5 Å². The zero-order valence-electron chi connectivity index (χ0n) is 17.0. The van der Waals surface area contributed by atoms with Crippen LogP contribution in [0.1, 0.15) is 35.5 Å². The van der Waals surface area contributed by atoms with Gasteiger partial charge in [-0.2, -0.15) is 5.10 Å². The zero-order chi connectivity index (χ0) is 21.0. The molecule has 0 aliphatic carbocycles. The number of benzene rings is 1. The summed E-state index contributed by atoms with van der Waals surface area (Å²) in [6.45, 7) is 6.29. The van der Waals surface area contributed by atoms with Gasteiger partial charge >= 0.3 is 5.97 Å². The van der Waals surface area contributed by atoms with Crippen molar-refractivity contribution >= 4 is 18.0 Å². The van der Waals surface area contributed by atoms with Gasteiger partial charge in [0.25, 0.3) is 5.91 Å². The van der Waals surface area contributed by atoms with Crippen LogP contribution in [0.2, 0.25) is 0 Å². The summed E-state index contributed by atoms with van der Waals surface area (Å²) in [7, 11) is 1.84. The molecule has 1 aliphatic rings. The quantitative estimate of drug-likeness (QED) is 0.592. The minimum Gasteiger partial charge on any atom is -0.486 e. The molecule has 2 aromatic rings. The first-order chi connectivity index (χ1) is 13.8. The molecule has 1 aliphatic heterocycles. The Kier molecular flexibility index (Phi) is 6.21. The average molecular weight is 399 g/mol. The molecule has 2 heterocycles. The van der Waals surface area contributed by atoms with Crippen molar-refractivity contribution in [1.82, 2.24) is 15.1 Å². The minimum atomic E-state index is -0.588. The second-order valence-corrected chi connectivity index (χ2v) is 6.84. The van der Waals surface area contributed by atoms with E-state index < -0.39 is 5.97 Å². The van der Waals surface area contributed by atoms with Crippen molar-refractivity contribution in [2.45, 2.75) is 26.8 Å². The first-order valence-electron chi connectivity index (χ1n) is 9.39. The number of carbonyl (C=O) groups excluding carboxylic acids is 2. The van der Waals surface area contributed by atoms with Crippen LogP contribution in [0.25, 0.3) is 6.08 Å². The van der Waals surface area contributed by atoms with E-state index in [1.807, 2.05) is 46.0 Å². The molecule has 0 bridgehead atoms. The monoisotopic (exact) mass is 399 g/mol. The standard InChI is InChI=1S/C21H25N3O5/c1-13(16-5-7-18-19(11-16)28-10-9-27-18)22-20(25)12-29-21(26)8-6-17-14(2)23-24(4)15(17)3/h5-8,11,13H,9-10,12H2,1-4H3,(H,22,25)/b8-6+/t13-/m0/s1. The number of aromatic nitrogens is 2. The Bertz CT molecular complexity index is 948. The van der Waals surface area contributed by atoms with Crippen molar-refractivity contribution < 1.29 is 23.8 Å². The summed E-state index contributed by atoms with van der Waals surface area (Å²) in [5, 5.41) is 7.09. The van der Waals surface area contributed by atoms with Gasteiger partial charge in [0, 0.05) is 24.4 Å². The lowest BCUT2D eigenvalue weighted by molar-refractivity contribution is -0.144. The number of hydrogen-bond donors (Lipinski definition) is 1. The van der Waals surface area contributed by atoms with Crippen LogP contribution in [0.15, 0.2) is 24.3 Å². The van der Waals surface area contributed by atoms with Gasteiger partial charge in [0.05, 0.1) is 11.7 Å². The van der Waals surface area contributed by atoms with Gasteiger partial charge in [-0.1, -0.05) is 6.07 Å². The highest BCUT2D eigenvalue weighted by Gasteiger charge is 2.16. The third-order valence-corrected chi connectivity index (χ3v) is 4.74. The number of ether oxygens (including phenoxy) is 3. The molecule has 0 fully saturated rings. The maximum absolute atomic E-state index is 12.1. The number of fused-ring (bicyclic) bond motifs is 1. The van der Waals surface area contributed by atoms with Gasteiger partial charge in [0.2, 0.25) is 0 Å². The van der Waals surface area contributed by atoms with Crippen molar-refractivity contribution in [3.63, 3.8) is 0 Å². The Labute approximate surface area is 169 Å². The van der Waals surface area contributed by atoms with Gasteiger partial charge in [-0.05, 0) is 44.5 Å². The first-order valence-corrected chi connectivity index (χ1v) is 9.39. The molecule has 0 saturated carbocycles. The molecule has 8 heteroatoms. The highest BCUT2D eigenvalue weighted by atomic mass is 16.6. The fourth-order valence-electron chi connectivity index (χ4n) is 3.06. The lowest BCUT2D eigenvalue weighted by Gasteiger charge is -2.21. The van der Waals surface area contributed by atoms with Crippen molar-refractivity contribution in [3.05, 3.63) is 46.8 Å². The van der Waals surface area contributed by atoms with Crippen molar-refractivity contribution in [3.8, 4) is 11.5 Å². The summed E-state index contributed by atoms with van der Waals surface area (Å²) in [6.07, 6.45) is 2.95. The Morgan fingerprint density at radius 3 is 2.69 bits per heavy atom. The molecule has 1 N–H and O–H groups in total. The molecule has 1 aromatic heterocycles. The fourth-order valence-corrected chi connectivity index (χ4v) is 3.06. The van der Waals surface area contributed by atoms with E-state index >= 15 is 0 Å². The number of nitrogens with zero attached hydrogens (tertiary/aromatic N) is 2. The van der Waals surface area contributed by atoms with Crippen LogP contribution < -0.4 is 14.8 Å². The molecule has 29 heavy (non-hydrogen) atoms. The number of hydrogen-bond acceptors (Lipinski definition) is 6. The van der Waals surface area contributed by atoms with Crippen LogP contribution in [0, 0.1) is 13.8 Å². The third kappa shape index (κ3) is 4.96. The number of carbonyl (C=O) groups is 2. The lowest BCUT2D eigenvalue weighted by Crippen LogP contribution is -2.31. The van der Waals surface area contributed by atoms with Gasteiger partial charge in [-0.25, -0.2) is 4.79 Å². The van der Waals surface area contributed by atoms with Crippen LogP contribution >= 0.6 is 0 Å². The van der Waals surface area contributed by atoms with E-state index in [0.29, 0.717) is 24.7 Å². The average Bonchev–Trinajstić information content (AvgIpc) is 2.95. The molecular formula is C21H25N3O5. The lowest BCUT2D eigenvalue weighted by atomic mass is 10.1. The largest absolute Gasteiger partial charge is 0.486 e. The number of aryl methyl sites for hydroxylation is 2. The van der Waals surface area contributed by atoms with Gasteiger partial charge in [-0.15, -0.1) is 0 Å². The van der Waals surface area contributed by atoms with E-state index in [9.17, 15) is 9.59 Å². The van der Waals surface area contributed by atoms with E-state index in [-0.39, 0.29) is 18.6 Å². The number of esters is 1. The zero-order valence-corrected chi connectivity index (χ0v) is 17.0. The molecule has 1 amide bonds. The second kappa shape index (κ2) is 8.81. The van der Waals surface area contributed by atoms with Crippen LogP contribution in [0.3, 0.4) is 0 Å². The first kappa shape index (κ1) is 20.4. The predicted octanol–water partition coefficient (Wildman–Crippen LogP) is 2.24. The molecule has 3 rings (SSSR count). The molecule has 154 valence electrons. The van der Waals surface area contributed by atoms with Crippen LogP contribution in [0.5, 0.6) is 11.5 Å². The fraction of sp³-hybridized carbons (Fsp3) is 0.381. The smallest absolute Gasteiger partial charge is 0.331 e. The summed E-state index contributed by atoms with van der Waals surface area (Å²) in [5.41, 5.74) is 3.50. The van der Waals surface area contributed by atoms with Crippen LogP contribution in [0.4, 0.5) is 0 Å². The van der Waals surface area contributed by atoms with Crippen molar-refractivity contribution in [1.29, 1.82) is 0 Å². The van der Waals surface area contributed by atoms with Crippen LogP contribution in [-0.2, 0) is 21.4 Å². The predicted molar refractivity (Wildman–Crippen MR) is 107 cm³/mol. The highest BCUT2D eigenvalue weighted by Crippen LogP contribution is 2.32. The van der Waals surface area contributed by atoms with Gasteiger partial charge in [-0.3, -0.25) is 9.48 Å². The minimum absolute atomic E-state index is 0.270. The topological polar surface area (TPSA) is 91.7 Å². The molecule has 0 unspecified atom stereocenters. The number of rotatable bonds is 6. The van der Waals surface area contributed by atoms with E-state index in [2.05, 4.69) is 10.4 Å². The highest BCUT2D eigenvalue weighted by molar-refractivity contribution is 5.89. The summed E-state index contributed by atoms with van der Waals surface area (Å²) in [5.74, 6) is 0.378. The Morgan fingerprint density at radius 1 is 1.28 bits per heavy atom. The Morgan fingerprint density at radius 2 is 2.00 bits per heavy atom.